The molecule has 3 aliphatic rings. The lowest BCUT2D eigenvalue weighted by molar-refractivity contribution is -0.0436. The van der Waals surface area contributed by atoms with E-state index in [4.69, 9.17) is 16.8 Å². The van der Waals surface area contributed by atoms with Crippen molar-refractivity contribution in [1.82, 2.24) is 14.9 Å². The topological polar surface area (TPSA) is 94.5 Å². The van der Waals surface area contributed by atoms with Gasteiger partial charge in [-0.3, -0.25) is 9.88 Å². The Labute approximate surface area is 213 Å². The number of likely N-dealkylation sites (tertiary alicyclic amines) is 1. The number of benzene rings is 1. The third kappa shape index (κ3) is 4.39. The molecule has 2 N–H and O–H groups in total. The van der Waals surface area contributed by atoms with E-state index < -0.39 is 0 Å². The number of hydrogen-bond donors (Lipinski definition) is 1. The number of aromatic nitrogens is 2. The molecule has 2 aromatic heterocycles. The molecule has 0 saturated carbocycles. The fourth-order valence-corrected chi connectivity index (χ4v) is 5.84. The highest BCUT2D eigenvalue weighted by molar-refractivity contribution is 5.95. The summed E-state index contributed by atoms with van der Waals surface area (Å²) < 4.78 is 14.2. The molecule has 0 bridgehead atoms. The van der Waals surface area contributed by atoms with Crippen LogP contribution < -0.4 is 15.5 Å². The first kappa shape index (κ1) is 22.0. The number of pyridine rings is 2. The second-order valence-electron chi connectivity index (χ2n) is 10.9. The average molecular weight is 485 g/mol. The fraction of sp³-hybridized carbons (Fsp3) is 0.464. The van der Waals surface area contributed by atoms with E-state index in [0.717, 1.165) is 68.4 Å². The number of rotatable bonds is 5. The summed E-state index contributed by atoms with van der Waals surface area (Å²) in [5, 5.41) is 10.4. The standard InChI is InChI=1S/C28H33N7O/c1-19-12-34(25-9-8-20(11-29)27-23(25)5-4-10-31-27)16-22(36-19)15-33-13-21(14-33)24-6-3-7-26(32-24)35-17-28(2,30)18-35/h3-10,19,21-22H,12-18,30H2,1-2H3/t19-,22+/m1/s1/i10D. The van der Waals surface area contributed by atoms with Crippen LogP contribution in [0, 0.1) is 11.3 Å². The monoisotopic (exact) mass is 484 g/mol. The van der Waals surface area contributed by atoms with Crippen LogP contribution in [0.5, 0.6) is 0 Å². The highest BCUT2D eigenvalue weighted by atomic mass is 16.5. The minimum absolute atomic E-state index is 0.0846. The molecule has 8 nitrogen and oxygen atoms in total. The summed E-state index contributed by atoms with van der Waals surface area (Å²) in [6.07, 6.45) is 0.346. The predicted molar refractivity (Wildman–Crippen MR) is 141 cm³/mol. The van der Waals surface area contributed by atoms with Crippen molar-refractivity contribution in [3.8, 4) is 6.07 Å². The third-order valence-electron chi connectivity index (χ3n) is 7.50. The Morgan fingerprint density at radius 3 is 2.75 bits per heavy atom. The quantitative estimate of drug-likeness (QED) is 0.591. The molecule has 36 heavy (non-hydrogen) atoms. The lowest BCUT2D eigenvalue weighted by atomic mass is 9.93. The molecule has 186 valence electrons. The van der Waals surface area contributed by atoms with Crippen molar-refractivity contribution in [2.75, 3.05) is 55.6 Å². The van der Waals surface area contributed by atoms with Crippen LogP contribution in [0.2, 0.25) is 0 Å². The van der Waals surface area contributed by atoms with E-state index >= 15 is 0 Å². The highest BCUT2D eigenvalue weighted by Crippen LogP contribution is 2.32. The molecule has 0 unspecified atom stereocenters. The van der Waals surface area contributed by atoms with Gasteiger partial charge in [0, 0.05) is 80.2 Å². The zero-order valence-corrected chi connectivity index (χ0v) is 20.9. The van der Waals surface area contributed by atoms with Crippen molar-refractivity contribution in [2.45, 2.75) is 37.5 Å². The van der Waals surface area contributed by atoms with Crippen LogP contribution in [0.3, 0.4) is 0 Å². The maximum atomic E-state index is 9.52. The number of fused-ring (bicyclic) bond motifs is 1. The van der Waals surface area contributed by atoms with Gasteiger partial charge >= 0.3 is 0 Å². The van der Waals surface area contributed by atoms with Gasteiger partial charge < -0.3 is 20.3 Å². The van der Waals surface area contributed by atoms with Gasteiger partial charge in [0.05, 0.1) is 24.7 Å². The Hall–Kier alpha value is -3.25. The Balaban J connectivity index is 1.11. The molecule has 3 saturated heterocycles. The number of morpholine rings is 1. The summed E-state index contributed by atoms with van der Waals surface area (Å²) in [6, 6.07) is 16.0. The van der Waals surface area contributed by atoms with Gasteiger partial charge in [0.2, 0.25) is 0 Å². The van der Waals surface area contributed by atoms with E-state index in [1.807, 2.05) is 18.2 Å². The van der Waals surface area contributed by atoms with Gasteiger partial charge in [-0.2, -0.15) is 5.26 Å². The summed E-state index contributed by atoms with van der Waals surface area (Å²) in [7, 11) is 0. The molecule has 3 aliphatic heterocycles. The molecule has 3 fully saturated rings. The van der Waals surface area contributed by atoms with Gasteiger partial charge in [-0.1, -0.05) is 6.07 Å². The summed E-state index contributed by atoms with van der Waals surface area (Å²) in [5.74, 6) is 1.47. The van der Waals surface area contributed by atoms with Crippen molar-refractivity contribution in [3.63, 3.8) is 0 Å². The number of hydrogen-bond acceptors (Lipinski definition) is 8. The van der Waals surface area contributed by atoms with Crippen LogP contribution in [0.15, 0.2) is 48.6 Å². The van der Waals surface area contributed by atoms with Crippen LogP contribution in [0.4, 0.5) is 11.5 Å². The molecule has 3 aromatic rings. The van der Waals surface area contributed by atoms with Gasteiger partial charge in [0.15, 0.2) is 0 Å². The third-order valence-corrected chi connectivity index (χ3v) is 7.50. The van der Waals surface area contributed by atoms with Crippen molar-refractivity contribution in [1.29, 1.82) is 5.26 Å². The molecular formula is C28H33N7O. The van der Waals surface area contributed by atoms with E-state index in [1.54, 1.807) is 6.07 Å². The summed E-state index contributed by atoms with van der Waals surface area (Å²) in [4.78, 5) is 16.3. The first-order valence-electron chi connectivity index (χ1n) is 13.2. The van der Waals surface area contributed by atoms with Gasteiger partial charge in [-0.25, -0.2) is 4.98 Å². The van der Waals surface area contributed by atoms with Crippen LogP contribution in [0.25, 0.3) is 10.9 Å². The van der Waals surface area contributed by atoms with Crippen LogP contribution in [-0.2, 0) is 4.74 Å². The van der Waals surface area contributed by atoms with Crippen LogP contribution in [0.1, 0.15) is 32.4 Å². The molecule has 0 aliphatic carbocycles. The number of nitrogens with two attached hydrogens (primary N) is 1. The van der Waals surface area contributed by atoms with Crippen LogP contribution >= 0.6 is 0 Å². The average Bonchev–Trinajstić information content (AvgIpc) is 2.83. The molecule has 8 heteroatoms. The van der Waals surface area contributed by atoms with Gasteiger partial charge in [-0.15, -0.1) is 0 Å². The molecule has 1 aromatic carbocycles. The summed E-state index contributed by atoms with van der Waals surface area (Å²) in [6.45, 7) is 10.3. The van der Waals surface area contributed by atoms with Crippen molar-refractivity contribution < 1.29 is 6.11 Å². The van der Waals surface area contributed by atoms with E-state index in [1.165, 1.54) is 0 Å². The maximum absolute atomic E-state index is 9.52. The van der Waals surface area contributed by atoms with E-state index in [0.29, 0.717) is 17.0 Å². The molecule has 2 atom stereocenters. The minimum atomic E-state index is -0.110. The maximum Gasteiger partial charge on any atom is 0.128 e. The Morgan fingerprint density at radius 2 is 1.97 bits per heavy atom. The highest BCUT2D eigenvalue weighted by Gasteiger charge is 2.37. The Morgan fingerprint density at radius 1 is 1.14 bits per heavy atom. The number of anilines is 2. The number of nitriles is 1. The first-order chi connectivity index (χ1) is 17.8. The van der Waals surface area contributed by atoms with Crippen molar-refractivity contribution in [3.05, 3.63) is 59.9 Å². The lowest BCUT2D eigenvalue weighted by Crippen LogP contribution is -2.65. The predicted octanol–water partition coefficient (Wildman–Crippen LogP) is 2.73. The summed E-state index contributed by atoms with van der Waals surface area (Å²) in [5.41, 5.74) is 9.37. The summed E-state index contributed by atoms with van der Waals surface area (Å²) >= 11 is 0. The lowest BCUT2D eigenvalue weighted by Gasteiger charge is -2.47. The molecule has 5 heterocycles. The molecule has 6 rings (SSSR count). The minimum Gasteiger partial charge on any atom is -0.370 e. The van der Waals surface area contributed by atoms with E-state index in [9.17, 15) is 5.26 Å². The van der Waals surface area contributed by atoms with E-state index in [-0.39, 0.29) is 23.9 Å². The Bertz CT molecular complexity index is 1360. The molecule has 0 radical (unpaired) electrons. The number of nitrogens with zero attached hydrogens (tertiary/aromatic N) is 6. The second kappa shape index (κ2) is 9.00. The van der Waals surface area contributed by atoms with E-state index in [2.05, 4.69) is 57.8 Å². The smallest absolute Gasteiger partial charge is 0.128 e. The van der Waals surface area contributed by atoms with Gasteiger partial charge in [0.1, 0.15) is 11.9 Å². The zero-order chi connectivity index (χ0) is 25.7. The second-order valence-corrected chi connectivity index (χ2v) is 10.9. The fourth-order valence-electron chi connectivity index (χ4n) is 5.84. The molecular weight excluding hydrogens is 450 g/mol. The van der Waals surface area contributed by atoms with Crippen molar-refractivity contribution >= 4 is 22.4 Å². The number of ether oxygens (including phenoxy) is 1. The first-order valence-corrected chi connectivity index (χ1v) is 12.7. The zero-order valence-electron chi connectivity index (χ0n) is 21.9. The van der Waals surface area contributed by atoms with Crippen molar-refractivity contribution in [2.24, 2.45) is 5.73 Å². The Kier molecular flexibility index (Phi) is 5.50. The SMILES string of the molecule is [2H]c1ccc2c(N3C[C@H](CN4CC(c5cccc(N6CC(C)(N)C6)n5)C4)O[C@H](C)C3)ccc(C#N)c2n1. The molecule has 0 amide bonds. The van der Waals surface area contributed by atoms with Crippen LogP contribution in [-0.4, -0.2) is 78.4 Å². The normalized spacial score (nSPS) is 24.7. The van der Waals surface area contributed by atoms with Gasteiger partial charge in [-0.05, 0) is 50.2 Å². The molecule has 0 spiro atoms. The largest absolute Gasteiger partial charge is 0.370 e. The van der Waals surface area contributed by atoms with Gasteiger partial charge in [0.25, 0.3) is 0 Å².